The molecule has 0 fully saturated rings. The molecule has 3 aromatic heterocycles. The standard InChI is InChI=1S/C38H44N6O3.Na/c1-10-25-20(3)28-16-29-22(5)27(12-13-36(45)46)34(42-29)19-35-37(24(7)38(47)39-14-15-44(8)9)23(6)31(43-35)18-33-26(11-2)21(4)30(41-33)17-32(25)40-28;/h10-11,16-19,24,40-41H,1-2,12-15H2,3-9H3,(H,39,47)(H,45,46);/q;+1/p-1. The molecule has 0 spiro atoms. The van der Waals surface area contributed by atoms with Crippen LogP contribution in [0.4, 0.5) is 0 Å². The van der Waals surface area contributed by atoms with Gasteiger partial charge in [-0.2, -0.15) is 0 Å². The van der Waals surface area contributed by atoms with Crippen LogP contribution in [-0.2, 0) is 9.59 Å². The van der Waals surface area contributed by atoms with Crippen LogP contribution >= 0.6 is 0 Å². The number of aryl methyl sites for hydroxylation is 2. The van der Waals surface area contributed by atoms with Crippen molar-refractivity contribution in [3.8, 4) is 0 Å². The maximum atomic E-state index is 13.5. The average Bonchev–Trinajstić information content (AvgIpc) is 3.68. The summed E-state index contributed by atoms with van der Waals surface area (Å²) in [5.41, 5.74) is 13.6. The van der Waals surface area contributed by atoms with Gasteiger partial charge < -0.3 is 30.1 Å². The maximum absolute atomic E-state index is 13.5. The Morgan fingerprint density at radius 1 is 0.854 bits per heavy atom. The van der Waals surface area contributed by atoms with E-state index in [9.17, 15) is 14.7 Å². The van der Waals surface area contributed by atoms with E-state index in [1.165, 1.54) is 0 Å². The number of carbonyl (C=O) groups excluding carboxylic acids is 2. The van der Waals surface area contributed by atoms with E-state index in [0.29, 0.717) is 17.9 Å². The third-order valence-corrected chi connectivity index (χ3v) is 9.22. The van der Waals surface area contributed by atoms with Crippen molar-refractivity contribution in [1.29, 1.82) is 0 Å². The summed E-state index contributed by atoms with van der Waals surface area (Å²) in [5, 5.41) is 14.6. The van der Waals surface area contributed by atoms with Gasteiger partial charge in [-0.1, -0.05) is 25.3 Å². The number of likely N-dealkylation sites (N-methyl/N-ethyl adjacent to an activating group) is 1. The zero-order valence-corrected chi connectivity index (χ0v) is 31.4. The molecule has 5 heterocycles. The molecule has 1 amide bonds. The Morgan fingerprint density at radius 3 is 1.98 bits per heavy atom. The van der Waals surface area contributed by atoms with E-state index < -0.39 is 11.9 Å². The van der Waals surface area contributed by atoms with Gasteiger partial charge in [0.2, 0.25) is 5.91 Å². The molecule has 3 N–H and O–H groups in total. The van der Waals surface area contributed by atoms with Crippen molar-refractivity contribution < 1.29 is 44.3 Å². The zero-order valence-electron chi connectivity index (χ0n) is 29.4. The number of hydrogen-bond donors (Lipinski definition) is 3. The summed E-state index contributed by atoms with van der Waals surface area (Å²) in [5.74, 6) is -1.72. The van der Waals surface area contributed by atoms with Gasteiger partial charge in [-0.3, -0.25) is 4.79 Å². The summed E-state index contributed by atoms with van der Waals surface area (Å²) >= 11 is 0. The van der Waals surface area contributed by atoms with E-state index in [4.69, 9.17) is 9.97 Å². The third-order valence-electron chi connectivity index (χ3n) is 9.22. The first-order valence-electron chi connectivity index (χ1n) is 15.9. The second-order valence-corrected chi connectivity index (χ2v) is 12.6. The van der Waals surface area contributed by atoms with Crippen LogP contribution in [0.2, 0.25) is 0 Å². The minimum Gasteiger partial charge on any atom is -0.550 e. The molecule has 2 aliphatic rings. The number of carboxylic acid groups (broad SMARTS) is 1. The smallest absolute Gasteiger partial charge is 0.550 e. The van der Waals surface area contributed by atoms with Gasteiger partial charge in [0.1, 0.15) is 0 Å². The van der Waals surface area contributed by atoms with E-state index in [2.05, 4.69) is 41.4 Å². The van der Waals surface area contributed by atoms with Crippen LogP contribution in [0.25, 0.3) is 56.5 Å². The number of allylic oxidation sites excluding steroid dienone is 3. The first-order valence-corrected chi connectivity index (χ1v) is 15.9. The molecule has 0 radical (unpaired) electrons. The average molecular weight is 655 g/mol. The minimum absolute atomic E-state index is 0. The van der Waals surface area contributed by atoms with E-state index in [1.54, 1.807) is 0 Å². The van der Waals surface area contributed by atoms with E-state index in [0.717, 1.165) is 84.5 Å². The molecule has 10 heteroatoms. The quantitative estimate of drug-likeness (QED) is 0.289. The van der Waals surface area contributed by atoms with Gasteiger partial charge in [0.05, 0.1) is 28.7 Å². The molecule has 2 aliphatic heterocycles. The molecule has 0 saturated heterocycles. The Morgan fingerprint density at radius 2 is 1.40 bits per heavy atom. The molecule has 48 heavy (non-hydrogen) atoms. The third kappa shape index (κ3) is 7.20. The van der Waals surface area contributed by atoms with Gasteiger partial charge in [0, 0.05) is 52.3 Å². The number of nitrogens with zero attached hydrogens (tertiary/aromatic N) is 3. The van der Waals surface area contributed by atoms with Gasteiger partial charge >= 0.3 is 29.6 Å². The monoisotopic (exact) mass is 654 g/mol. The van der Waals surface area contributed by atoms with Gasteiger partial charge in [0.25, 0.3) is 0 Å². The van der Waals surface area contributed by atoms with Crippen LogP contribution in [-0.4, -0.2) is 63.9 Å². The fourth-order valence-corrected chi connectivity index (χ4v) is 6.41. The van der Waals surface area contributed by atoms with Crippen LogP contribution < -0.4 is 40.0 Å². The summed E-state index contributed by atoms with van der Waals surface area (Å²) in [6.45, 7) is 19.3. The number of nitrogens with one attached hydrogen (secondary N) is 3. The molecule has 8 bridgehead atoms. The molecular formula is C38H43N6NaO3. The number of H-pyrrole nitrogens is 2. The van der Waals surface area contributed by atoms with Gasteiger partial charge in [-0.15, -0.1) is 0 Å². The number of rotatable bonds is 10. The van der Waals surface area contributed by atoms with Crippen molar-refractivity contribution in [2.24, 2.45) is 5.92 Å². The van der Waals surface area contributed by atoms with E-state index in [1.807, 2.05) is 77.0 Å². The number of aromatic nitrogens is 4. The first-order chi connectivity index (χ1) is 22.3. The summed E-state index contributed by atoms with van der Waals surface area (Å²) in [4.78, 5) is 44.3. The van der Waals surface area contributed by atoms with E-state index in [-0.39, 0.29) is 48.3 Å². The SMILES string of the molecule is C=Cc1c(C)c2cc3[nH]c(cc4nc(cc5nc(cc1[nH]2)C(C)=C5C(C)C(=O)NCCN(C)C)C(CCC(=O)[O-])=C4C)c(C)c3C=C.[Na+]. The minimum atomic E-state index is -1.13. The van der Waals surface area contributed by atoms with Crippen LogP contribution in [0.5, 0.6) is 0 Å². The van der Waals surface area contributed by atoms with Gasteiger partial charge in [-0.25, -0.2) is 9.97 Å². The van der Waals surface area contributed by atoms with Gasteiger partial charge in [-0.05, 0) is 119 Å². The Kier molecular flexibility index (Phi) is 11.5. The van der Waals surface area contributed by atoms with Crippen molar-refractivity contribution in [2.45, 2.75) is 47.5 Å². The number of carboxylic acids is 1. The number of hydrogen-bond acceptors (Lipinski definition) is 6. The summed E-state index contributed by atoms with van der Waals surface area (Å²) in [6.07, 6.45) is 3.79. The fourth-order valence-electron chi connectivity index (χ4n) is 6.41. The molecule has 9 nitrogen and oxygen atoms in total. The Hall–Kier alpha value is -4.02. The number of amides is 1. The molecule has 0 aliphatic carbocycles. The normalized spacial score (nSPS) is 13.4. The molecule has 0 saturated carbocycles. The van der Waals surface area contributed by atoms with Gasteiger partial charge in [0.15, 0.2) is 0 Å². The molecule has 3 aromatic rings. The molecule has 5 rings (SSSR count). The Bertz CT molecular complexity index is 2050. The Labute approximate surface area is 304 Å². The molecule has 1 unspecified atom stereocenters. The van der Waals surface area contributed by atoms with Crippen LogP contribution in [0.1, 0.15) is 78.6 Å². The molecule has 0 aromatic carbocycles. The van der Waals surface area contributed by atoms with Crippen molar-refractivity contribution in [1.82, 2.24) is 30.2 Å². The zero-order chi connectivity index (χ0) is 34.2. The largest absolute Gasteiger partial charge is 1.00 e. The molecule has 244 valence electrons. The fraction of sp³-hybridized carbons (Fsp3) is 0.316. The topological polar surface area (TPSA) is 130 Å². The first kappa shape index (κ1) is 36.8. The molecular weight excluding hydrogens is 611 g/mol. The number of aliphatic carboxylic acids is 1. The van der Waals surface area contributed by atoms with Crippen molar-refractivity contribution >= 4 is 68.4 Å². The number of fused-ring (bicyclic) bond motifs is 8. The maximum Gasteiger partial charge on any atom is 1.00 e. The van der Waals surface area contributed by atoms with Crippen LogP contribution in [0.15, 0.2) is 37.4 Å². The summed E-state index contributed by atoms with van der Waals surface area (Å²) < 4.78 is 0. The number of carbonyl (C=O) groups is 2. The van der Waals surface area contributed by atoms with Crippen molar-refractivity contribution in [3.63, 3.8) is 0 Å². The van der Waals surface area contributed by atoms with E-state index >= 15 is 0 Å². The van der Waals surface area contributed by atoms with Crippen LogP contribution in [0.3, 0.4) is 0 Å². The molecule has 1 atom stereocenters. The second kappa shape index (κ2) is 15.0. The van der Waals surface area contributed by atoms with Crippen LogP contribution in [0, 0.1) is 19.8 Å². The second-order valence-electron chi connectivity index (χ2n) is 12.6. The Balaban J connectivity index is 0.00000520. The van der Waals surface area contributed by atoms with Crippen molar-refractivity contribution in [3.05, 3.63) is 82.5 Å². The predicted molar refractivity (Wildman–Crippen MR) is 191 cm³/mol. The summed E-state index contributed by atoms with van der Waals surface area (Å²) in [6, 6.07) is 7.96. The predicted octanol–water partition coefficient (Wildman–Crippen LogP) is 2.93. The summed E-state index contributed by atoms with van der Waals surface area (Å²) in [7, 11) is 3.93. The number of aromatic amines is 2. The van der Waals surface area contributed by atoms with Crippen molar-refractivity contribution in [2.75, 3.05) is 27.2 Å².